The van der Waals surface area contributed by atoms with Crippen molar-refractivity contribution in [1.82, 2.24) is 15.6 Å². The first-order chi connectivity index (χ1) is 11.8. The number of hydrogen-bond acceptors (Lipinski definition) is 6. The first-order valence-corrected chi connectivity index (χ1v) is 8.83. The van der Waals surface area contributed by atoms with E-state index in [4.69, 9.17) is 17.0 Å². The van der Waals surface area contributed by atoms with Crippen molar-refractivity contribution < 1.29 is 5.03 Å². The Balaban J connectivity index is 0.000000170. The molecule has 1 aliphatic heterocycles. The average molecular weight is 381 g/mol. The lowest BCUT2D eigenvalue weighted by atomic mass is 9.81. The summed E-state index contributed by atoms with van der Waals surface area (Å²) in [6, 6.07) is 6.78. The Bertz CT molecular complexity index is 804. The van der Waals surface area contributed by atoms with Crippen LogP contribution in [0.5, 0.6) is 0 Å². The lowest BCUT2D eigenvalue weighted by Crippen LogP contribution is -2.60. The number of anilines is 1. The van der Waals surface area contributed by atoms with Crippen LogP contribution in [0.1, 0.15) is 36.0 Å². The van der Waals surface area contributed by atoms with E-state index in [1.807, 2.05) is 0 Å². The van der Waals surface area contributed by atoms with Gasteiger partial charge in [-0.1, -0.05) is 53.6 Å². The quantitative estimate of drug-likeness (QED) is 0.612. The van der Waals surface area contributed by atoms with Crippen LogP contribution in [0.15, 0.2) is 24.4 Å². The Kier molecular flexibility index (Phi) is 4.78. The third-order valence-corrected chi connectivity index (χ3v) is 5.16. The van der Waals surface area contributed by atoms with Gasteiger partial charge in [0, 0.05) is 12.3 Å². The minimum atomic E-state index is -0.638. The van der Waals surface area contributed by atoms with Gasteiger partial charge in [0.1, 0.15) is 10.8 Å². The van der Waals surface area contributed by atoms with Crippen LogP contribution in [0.4, 0.5) is 5.00 Å². The number of nitrogens with one attached hydrogen (secondary N) is 2. The molecule has 132 valence electrons. The molecule has 1 fully saturated rings. The Hall–Kier alpha value is -2.39. The molecule has 2 bridgehead atoms. The highest BCUT2D eigenvalue weighted by atomic mass is 35.5. The molecule has 0 unspecified atom stereocenters. The maximum Gasteiger partial charge on any atom is 0.203 e. The lowest BCUT2D eigenvalue weighted by molar-refractivity contribution is -0.670. The van der Waals surface area contributed by atoms with Crippen molar-refractivity contribution in [3.8, 4) is 0 Å². The molecule has 2 N–H and O–H groups in total. The molecule has 25 heavy (non-hydrogen) atoms. The predicted octanol–water partition coefficient (Wildman–Crippen LogP) is 3.36. The van der Waals surface area contributed by atoms with E-state index in [-0.39, 0.29) is 5.84 Å². The third-order valence-electron chi connectivity index (χ3n) is 4.03. The Morgan fingerprint density at radius 1 is 1.44 bits per heavy atom. The summed E-state index contributed by atoms with van der Waals surface area (Å²) in [6.07, 6.45) is 1.86. The van der Waals surface area contributed by atoms with Crippen LogP contribution in [-0.2, 0) is 0 Å². The second-order valence-electron chi connectivity index (χ2n) is 5.84. The molecule has 1 saturated heterocycles. The minimum absolute atomic E-state index is 0.101. The summed E-state index contributed by atoms with van der Waals surface area (Å²) in [5, 5.41) is 20.1. The molecule has 8 nitrogen and oxygen atoms in total. The van der Waals surface area contributed by atoms with Crippen molar-refractivity contribution in [2.24, 2.45) is 0 Å². The first kappa shape index (κ1) is 17.4. The van der Waals surface area contributed by atoms with Gasteiger partial charge in [0.2, 0.25) is 5.03 Å². The number of rotatable bonds is 2. The summed E-state index contributed by atoms with van der Waals surface area (Å²) in [5.41, 5.74) is 6.77. The number of hydrogen-bond donors (Lipinski definition) is 2. The zero-order valence-electron chi connectivity index (χ0n) is 13.7. The molecular weight excluding hydrogens is 364 g/mol. The van der Waals surface area contributed by atoms with Crippen molar-refractivity contribution in [3.63, 3.8) is 0 Å². The molecule has 0 atom stereocenters. The average Bonchev–Trinajstić information content (AvgIpc) is 3.01. The van der Waals surface area contributed by atoms with Gasteiger partial charge in [-0.25, -0.2) is 20.5 Å². The number of amidine groups is 1. The van der Waals surface area contributed by atoms with Crippen molar-refractivity contribution in [2.45, 2.75) is 26.2 Å². The minimum Gasteiger partial charge on any atom is -0.287 e. The van der Waals surface area contributed by atoms with Crippen LogP contribution >= 0.6 is 22.9 Å². The van der Waals surface area contributed by atoms with Crippen molar-refractivity contribution in [2.75, 3.05) is 11.6 Å². The standard InChI is InChI=1S/C9H10.C6H7ClN6O2S/c1-6-3-8-5-9(4-6)7(8)2;7-6-9-3-5(16-6)11-2-1-4(8)10-12(11)13(14)15/h3-5,7H,1-2H3;3H,1-2H2,(H2,8,10). The zero-order chi connectivity index (χ0) is 18.1. The number of aryl methyl sites for hydroxylation is 1. The van der Waals surface area contributed by atoms with Crippen LogP contribution in [0.3, 0.4) is 0 Å². The van der Waals surface area contributed by atoms with Gasteiger partial charge in [-0.3, -0.25) is 5.41 Å². The van der Waals surface area contributed by atoms with Crippen LogP contribution in [-0.4, -0.2) is 27.6 Å². The van der Waals surface area contributed by atoms with Crippen molar-refractivity contribution in [3.05, 3.63) is 55.7 Å². The van der Waals surface area contributed by atoms with Crippen LogP contribution in [0, 0.1) is 22.4 Å². The summed E-state index contributed by atoms with van der Waals surface area (Å²) < 4.78 is 0.318. The number of nitrogens with zero attached hydrogens (tertiary/aromatic N) is 4. The van der Waals surface area contributed by atoms with Gasteiger partial charge in [0.15, 0.2) is 4.47 Å². The summed E-state index contributed by atoms with van der Waals surface area (Å²) in [6.45, 7) is 4.74. The molecule has 0 spiro atoms. The zero-order valence-corrected chi connectivity index (χ0v) is 15.3. The van der Waals surface area contributed by atoms with Gasteiger partial charge >= 0.3 is 0 Å². The number of halogens is 1. The van der Waals surface area contributed by atoms with Crippen molar-refractivity contribution >= 4 is 33.8 Å². The van der Waals surface area contributed by atoms with Gasteiger partial charge < -0.3 is 0 Å². The molecule has 0 amide bonds. The van der Waals surface area contributed by atoms with E-state index < -0.39 is 5.03 Å². The molecule has 2 aliphatic carbocycles. The first-order valence-electron chi connectivity index (χ1n) is 7.64. The lowest BCUT2D eigenvalue weighted by Gasteiger charge is -2.31. The molecule has 1 aromatic carbocycles. The smallest absolute Gasteiger partial charge is 0.203 e. The summed E-state index contributed by atoms with van der Waals surface area (Å²) in [7, 11) is 0. The van der Waals surface area contributed by atoms with Gasteiger partial charge in [0.05, 0.1) is 18.0 Å². The van der Waals surface area contributed by atoms with Gasteiger partial charge in [-0.2, -0.15) is 5.01 Å². The summed E-state index contributed by atoms with van der Waals surface area (Å²) in [4.78, 5) is 14.6. The van der Waals surface area contributed by atoms with Gasteiger partial charge in [0.25, 0.3) is 0 Å². The van der Waals surface area contributed by atoms with E-state index in [1.54, 1.807) is 0 Å². The van der Waals surface area contributed by atoms with Gasteiger partial charge in [-0.15, -0.1) is 0 Å². The maximum absolute atomic E-state index is 10.8. The molecule has 5 rings (SSSR count). The fourth-order valence-corrected chi connectivity index (χ4v) is 3.63. The third kappa shape index (κ3) is 3.67. The molecule has 2 heterocycles. The molecular formula is C15H17ClN6O2S. The summed E-state index contributed by atoms with van der Waals surface area (Å²) in [5.74, 6) is 0.831. The van der Waals surface area contributed by atoms with Crippen LogP contribution in [0.2, 0.25) is 4.47 Å². The monoisotopic (exact) mass is 380 g/mol. The highest BCUT2D eigenvalue weighted by Crippen LogP contribution is 2.35. The van der Waals surface area contributed by atoms with E-state index in [0.29, 0.717) is 27.7 Å². The fraction of sp³-hybridized carbons (Fsp3) is 0.333. The summed E-state index contributed by atoms with van der Waals surface area (Å²) >= 11 is 6.81. The Morgan fingerprint density at radius 3 is 2.60 bits per heavy atom. The highest BCUT2D eigenvalue weighted by Gasteiger charge is 2.31. The predicted molar refractivity (Wildman–Crippen MR) is 97.5 cm³/mol. The number of nitro groups is 1. The number of benzene rings is 1. The maximum atomic E-state index is 10.8. The Labute approximate surface area is 153 Å². The molecule has 0 radical (unpaired) electrons. The molecule has 2 aromatic rings. The second-order valence-corrected chi connectivity index (χ2v) is 7.43. The molecule has 0 saturated carbocycles. The fourth-order valence-electron chi connectivity index (χ4n) is 2.69. The van der Waals surface area contributed by atoms with E-state index in [0.717, 1.165) is 17.3 Å². The topological polar surface area (TPSA) is 98.4 Å². The number of thiazole rings is 1. The van der Waals surface area contributed by atoms with E-state index in [2.05, 4.69) is 42.5 Å². The van der Waals surface area contributed by atoms with Crippen molar-refractivity contribution in [1.29, 1.82) is 5.41 Å². The Morgan fingerprint density at radius 2 is 2.12 bits per heavy atom. The van der Waals surface area contributed by atoms with E-state index in [1.165, 1.54) is 27.9 Å². The van der Waals surface area contributed by atoms with Crippen LogP contribution in [0.25, 0.3) is 0 Å². The number of hydrazine groups is 3. The van der Waals surface area contributed by atoms with Crippen LogP contribution < -0.4 is 10.4 Å². The highest BCUT2D eigenvalue weighted by molar-refractivity contribution is 7.19. The largest absolute Gasteiger partial charge is 0.287 e. The number of aromatic nitrogens is 1. The molecule has 3 aliphatic rings. The second kappa shape index (κ2) is 6.85. The van der Waals surface area contributed by atoms with E-state index in [9.17, 15) is 10.1 Å². The molecule has 10 heteroatoms. The number of fused-ring (bicyclic) bond motifs is 2. The normalized spacial score (nSPS) is 15.9. The molecule has 1 aromatic heterocycles. The SMILES string of the molecule is Cc1cc2cc(c1)C2C.N=C1CCN(c2cnc(Cl)s2)N([N+](=O)[O-])N1. The van der Waals surface area contributed by atoms with Gasteiger partial charge in [-0.05, 0) is 18.1 Å². The van der Waals surface area contributed by atoms with E-state index >= 15 is 0 Å².